The average Bonchev–Trinajstić information content (AvgIpc) is 2.78. The van der Waals surface area contributed by atoms with Crippen LogP contribution in [0.25, 0.3) is 11.4 Å². The van der Waals surface area contributed by atoms with E-state index in [1.807, 2.05) is 29.7 Å². The number of halogens is 1. The second-order valence-corrected chi connectivity index (χ2v) is 4.21. The SMILES string of the molecule is COCCn1cnnc1-c1ccc(C)c(Cl)c1. The van der Waals surface area contributed by atoms with Gasteiger partial charge in [-0.1, -0.05) is 23.7 Å². The number of ether oxygens (including phenoxy) is 1. The number of benzene rings is 1. The molecule has 17 heavy (non-hydrogen) atoms. The van der Waals surface area contributed by atoms with Crippen molar-refractivity contribution in [3.05, 3.63) is 35.1 Å². The molecule has 0 aliphatic carbocycles. The molecule has 1 aromatic heterocycles. The Hall–Kier alpha value is -1.39. The maximum Gasteiger partial charge on any atom is 0.163 e. The number of hydrogen-bond donors (Lipinski definition) is 0. The normalized spacial score (nSPS) is 10.8. The van der Waals surface area contributed by atoms with Gasteiger partial charge in [0.05, 0.1) is 6.61 Å². The lowest BCUT2D eigenvalue weighted by molar-refractivity contribution is 0.187. The predicted molar refractivity (Wildman–Crippen MR) is 67.1 cm³/mol. The van der Waals surface area contributed by atoms with E-state index in [1.165, 1.54) is 0 Å². The summed E-state index contributed by atoms with van der Waals surface area (Å²) in [5.41, 5.74) is 2.02. The molecule has 90 valence electrons. The van der Waals surface area contributed by atoms with E-state index in [1.54, 1.807) is 13.4 Å². The number of methoxy groups -OCH3 is 1. The third-order valence-electron chi connectivity index (χ3n) is 2.58. The Bertz CT molecular complexity index is 510. The zero-order valence-corrected chi connectivity index (χ0v) is 10.6. The number of nitrogens with zero attached hydrogens (tertiary/aromatic N) is 3. The minimum absolute atomic E-state index is 0.630. The standard InChI is InChI=1S/C12H14ClN3O/c1-9-3-4-10(7-11(9)13)12-15-14-8-16(12)5-6-17-2/h3-4,7-8H,5-6H2,1-2H3. The van der Waals surface area contributed by atoms with Crippen molar-refractivity contribution in [2.45, 2.75) is 13.5 Å². The summed E-state index contributed by atoms with van der Waals surface area (Å²) in [5, 5.41) is 8.77. The molecule has 0 aliphatic heterocycles. The summed E-state index contributed by atoms with van der Waals surface area (Å²) in [7, 11) is 1.67. The van der Waals surface area contributed by atoms with E-state index in [0.29, 0.717) is 6.61 Å². The van der Waals surface area contributed by atoms with Crippen molar-refractivity contribution in [1.29, 1.82) is 0 Å². The Labute approximate surface area is 105 Å². The first-order valence-corrected chi connectivity index (χ1v) is 5.73. The molecule has 0 amide bonds. The summed E-state index contributed by atoms with van der Waals surface area (Å²) in [6.45, 7) is 3.33. The van der Waals surface area contributed by atoms with Gasteiger partial charge in [-0.25, -0.2) is 0 Å². The highest BCUT2D eigenvalue weighted by Gasteiger charge is 2.08. The summed E-state index contributed by atoms with van der Waals surface area (Å²) in [4.78, 5) is 0. The van der Waals surface area contributed by atoms with Crippen LogP contribution in [-0.4, -0.2) is 28.5 Å². The molecule has 0 bridgehead atoms. The van der Waals surface area contributed by atoms with Crippen LogP contribution in [0, 0.1) is 6.92 Å². The molecule has 2 rings (SSSR count). The lowest BCUT2D eigenvalue weighted by Crippen LogP contribution is -2.04. The molecule has 0 unspecified atom stereocenters. The van der Waals surface area contributed by atoms with E-state index in [9.17, 15) is 0 Å². The molecular weight excluding hydrogens is 238 g/mol. The first kappa shape index (κ1) is 12.1. The minimum Gasteiger partial charge on any atom is -0.383 e. The van der Waals surface area contributed by atoms with Gasteiger partial charge in [0, 0.05) is 24.2 Å². The first-order chi connectivity index (χ1) is 8.22. The molecule has 0 saturated heterocycles. The zero-order chi connectivity index (χ0) is 12.3. The molecule has 1 aromatic carbocycles. The monoisotopic (exact) mass is 251 g/mol. The Morgan fingerprint density at radius 1 is 1.41 bits per heavy atom. The Kier molecular flexibility index (Phi) is 3.76. The fourth-order valence-electron chi connectivity index (χ4n) is 1.56. The summed E-state index contributed by atoms with van der Waals surface area (Å²) < 4.78 is 7.00. The molecule has 5 heteroatoms. The van der Waals surface area contributed by atoms with Gasteiger partial charge in [0.2, 0.25) is 0 Å². The summed E-state index contributed by atoms with van der Waals surface area (Å²) in [6.07, 6.45) is 1.70. The second kappa shape index (κ2) is 5.29. The van der Waals surface area contributed by atoms with Gasteiger partial charge in [-0.3, -0.25) is 0 Å². The van der Waals surface area contributed by atoms with Gasteiger partial charge < -0.3 is 9.30 Å². The molecule has 0 aliphatic rings. The maximum absolute atomic E-state index is 6.11. The van der Waals surface area contributed by atoms with Crippen molar-refractivity contribution in [2.24, 2.45) is 0 Å². The Morgan fingerprint density at radius 2 is 2.24 bits per heavy atom. The molecule has 1 heterocycles. The van der Waals surface area contributed by atoms with E-state index in [4.69, 9.17) is 16.3 Å². The molecule has 0 fully saturated rings. The summed E-state index contributed by atoms with van der Waals surface area (Å²) in [6, 6.07) is 5.88. The van der Waals surface area contributed by atoms with Gasteiger partial charge in [-0.15, -0.1) is 10.2 Å². The van der Waals surface area contributed by atoms with Crippen LogP contribution in [-0.2, 0) is 11.3 Å². The van der Waals surface area contributed by atoms with Crippen molar-refractivity contribution in [3.8, 4) is 11.4 Å². The largest absolute Gasteiger partial charge is 0.383 e. The lowest BCUT2D eigenvalue weighted by atomic mass is 10.1. The van der Waals surface area contributed by atoms with Crippen molar-refractivity contribution >= 4 is 11.6 Å². The lowest BCUT2D eigenvalue weighted by Gasteiger charge is -2.07. The molecule has 0 spiro atoms. The predicted octanol–water partition coefficient (Wildman–Crippen LogP) is 2.55. The van der Waals surface area contributed by atoms with Gasteiger partial charge in [0.25, 0.3) is 0 Å². The molecule has 4 nitrogen and oxygen atoms in total. The molecule has 0 N–H and O–H groups in total. The quantitative estimate of drug-likeness (QED) is 0.839. The molecule has 0 radical (unpaired) electrons. The highest BCUT2D eigenvalue weighted by molar-refractivity contribution is 6.31. The fraction of sp³-hybridized carbons (Fsp3) is 0.333. The maximum atomic E-state index is 6.11. The highest BCUT2D eigenvalue weighted by Crippen LogP contribution is 2.23. The van der Waals surface area contributed by atoms with Crippen molar-refractivity contribution in [1.82, 2.24) is 14.8 Å². The Balaban J connectivity index is 2.32. The molecule has 0 atom stereocenters. The van der Waals surface area contributed by atoms with Crippen LogP contribution in [0.1, 0.15) is 5.56 Å². The molecule has 0 saturated carbocycles. The van der Waals surface area contributed by atoms with Gasteiger partial charge in [-0.2, -0.15) is 0 Å². The first-order valence-electron chi connectivity index (χ1n) is 5.35. The molecule has 2 aromatic rings. The van der Waals surface area contributed by atoms with Gasteiger partial charge >= 0.3 is 0 Å². The van der Waals surface area contributed by atoms with Crippen LogP contribution in [0.4, 0.5) is 0 Å². The summed E-state index contributed by atoms with van der Waals surface area (Å²) in [5.74, 6) is 0.809. The van der Waals surface area contributed by atoms with Crippen molar-refractivity contribution in [3.63, 3.8) is 0 Å². The van der Waals surface area contributed by atoms with Gasteiger partial charge in [0.15, 0.2) is 5.82 Å². The van der Waals surface area contributed by atoms with Crippen molar-refractivity contribution in [2.75, 3.05) is 13.7 Å². The second-order valence-electron chi connectivity index (χ2n) is 3.80. The van der Waals surface area contributed by atoms with E-state index in [2.05, 4.69) is 10.2 Å². The van der Waals surface area contributed by atoms with Crippen LogP contribution in [0.5, 0.6) is 0 Å². The summed E-state index contributed by atoms with van der Waals surface area (Å²) >= 11 is 6.11. The Morgan fingerprint density at radius 3 is 2.94 bits per heavy atom. The van der Waals surface area contributed by atoms with Gasteiger partial charge in [-0.05, 0) is 18.6 Å². The minimum atomic E-state index is 0.630. The molecular formula is C12H14ClN3O. The van der Waals surface area contributed by atoms with E-state index in [0.717, 1.165) is 28.5 Å². The highest BCUT2D eigenvalue weighted by atomic mass is 35.5. The van der Waals surface area contributed by atoms with Crippen LogP contribution >= 0.6 is 11.6 Å². The van der Waals surface area contributed by atoms with Crippen molar-refractivity contribution < 1.29 is 4.74 Å². The van der Waals surface area contributed by atoms with E-state index >= 15 is 0 Å². The zero-order valence-electron chi connectivity index (χ0n) is 9.85. The van der Waals surface area contributed by atoms with E-state index in [-0.39, 0.29) is 0 Å². The number of aryl methyl sites for hydroxylation is 1. The third-order valence-corrected chi connectivity index (χ3v) is 2.99. The van der Waals surface area contributed by atoms with Crippen LogP contribution < -0.4 is 0 Å². The smallest absolute Gasteiger partial charge is 0.163 e. The van der Waals surface area contributed by atoms with Gasteiger partial charge in [0.1, 0.15) is 6.33 Å². The number of hydrogen-bond acceptors (Lipinski definition) is 3. The fourth-order valence-corrected chi connectivity index (χ4v) is 1.74. The van der Waals surface area contributed by atoms with E-state index < -0.39 is 0 Å². The topological polar surface area (TPSA) is 39.9 Å². The van der Waals surface area contributed by atoms with Crippen LogP contribution in [0.15, 0.2) is 24.5 Å². The number of rotatable bonds is 4. The average molecular weight is 252 g/mol. The number of aromatic nitrogens is 3. The third kappa shape index (κ3) is 2.65. The van der Waals surface area contributed by atoms with Crippen LogP contribution in [0.2, 0.25) is 5.02 Å². The van der Waals surface area contributed by atoms with Crippen LogP contribution in [0.3, 0.4) is 0 Å².